The molecule has 0 aliphatic carbocycles. The lowest BCUT2D eigenvalue weighted by Gasteiger charge is -2.21. The van der Waals surface area contributed by atoms with Crippen molar-refractivity contribution < 1.29 is 15.3 Å². The minimum atomic E-state index is -1.38. The van der Waals surface area contributed by atoms with Crippen molar-refractivity contribution in [3.05, 3.63) is 29.3 Å². The third-order valence-electron chi connectivity index (χ3n) is 2.04. The highest BCUT2D eigenvalue weighted by Gasteiger charge is 2.24. The number of phenolic OH excluding ortho intramolecular Hbond substituents is 1. The molecule has 0 aliphatic heterocycles. The SMILES string of the molecule is Cc1ccc([C@@](C)(O)CO)c(O)c1. The highest BCUT2D eigenvalue weighted by atomic mass is 16.3. The van der Waals surface area contributed by atoms with Gasteiger partial charge in [-0.15, -0.1) is 0 Å². The summed E-state index contributed by atoms with van der Waals surface area (Å²) < 4.78 is 0. The summed E-state index contributed by atoms with van der Waals surface area (Å²) in [4.78, 5) is 0. The first-order chi connectivity index (χ1) is 5.97. The van der Waals surface area contributed by atoms with E-state index in [4.69, 9.17) is 5.11 Å². The van der Waals surface area contributed by atoms with Crippen LogP contribution in [0, 0.1) is 6.92 Å². The van der Waals surface area contributed by atoms with Crippen LogP contribution in [-0.4, -0.2) is 21.9 Å². The van der Waals surface area contributed by atoms with Crippen LogP contribution in [0.1, 0.15) is 18.1 Å². The zero-order valence-electron chi connectivity index (χ0n) is 7.78. The second-order valence-electron chi connectivity index (χ2n) is 3.45. The minimum Gasteiger partial charge on any atom is -0.508 e. The summed E-state index contributed by atoms with van der Waals surface area (Å²) in [7, 11) is 0. The Morgan fingerprint density at radius 2 is 2.00 bits per heavy atom. The fourth-order valence-corrected chi connectivity index (χ4v) is 1.18. The number of aryl methyl sites for hydroxylation is 1. The molecule has 0 amide bonds. The van der Waals surface area contributed by atoms with E-state index in [0.717, 1.165) is 5.56 Å². The van der Waals surface area contributed by atoms with Crippen molar-refractivity contribution in [2.75, 3.05) is 6.61 Å². The third-order valence-corrected chi connectivity index (χ3v) is 2.04. The van der Waals surface area contributed by atoms with Crippen LogP contribution in [0.15, 0.2) is 18.2 Å². The van der Waals surface area contributed by atoms with Crippen LogP contribution in [0.5, 0.6) is 5.75 Å². The number of aliphatic hydroxyl groups is 2. The standard InChI is InChI=1S/C10H14O3/c1-7-3-4-8(9(12)5-7)10(2,13)6-11/h3-5,11-13H,6H2,1-2H3/t10-/m0/s1. The van der Waals surface area contributed by atoms with Gasteiger partial charge in [0.2, 0.25) is 0 Å². The number of hydrogen-bond donors (Lipinski definition) is 3. The molecule has 3 nitrogen and oxygen atoms in total. The quantitative estimate of drug-likeness (QED) is 0.636. The Kier molecular flexibility index (Phi) is 2.59. The average molecular weight is 182 g/mol. The van der Waals surface area contributed by atoms with E-state index < -0.39 is 12.2 Å². The van der Waals surface area contributed by atoms with Gasteiger partial charge in [0.25, 0.3) is 0 Å². The maximum Gasteiger partial charge on any atom is 0.122 e. The monoisotopic (exact) mass is 182 g/mol. The van der Waals surface area contributed by atoms with Crippen molar-refractivity contribution in [2.24, 2.45) is 0 Å². The Labute approximate surface area is 77.3 Å². The fraction of sp³-hybridized carbons (Fsp3) is 0.400. The van der Waals surface area contributed by atoms with Gasteiger partial charge in [0.05, 0.1) is 6.61 Å². The van der Waals surface area contributed by atoms with Gasteiger partial charge in [-0.3, -0.25) is 0 Å². The number of aliphatic hydroxyl groups excluding tert-OH is 1. The molecule has 0 heterocycles. The molecule has 0 unspecified atom stereocenters. The van der Waals surface area contributed by atoms with E-state index in [2.05, 4.69) is 0 Å². The third kappa shape index (κ3) is 1.99. The van der Waals surface area contributed by atoms with Crippen LogP contribution in [0.3, 0.4) is 0 Å². The van der Waals surface area contributed by atoms with E-state index in [0.29, 0.717) is 5.56 Å². The van der Waals surface area contributed by atoms with Gasteiger partial charge < -0.3 is 15.3 Å². The van der Waals surface area contributed by atoms with Crippen molar-refractivity contribution in [3.8, 4) is 5.75 Å². The molecule has 1 aromatic carbocycles. The molecule has 1 atom stereocenters. The molecule has 1 rings (SSSR count). The van der Waals surface area contributed by atoms with Crippen molar-refractivity contribution in [1.82, 2.24) is 0 Å². The lowest BCUT2D eigenvalue weighted by molar-refractivity contribution is -0.00399. The van der Waals surface area contributed by atoms with Gasteiger partial charge in [0, 0.05) is 5.56 Å². The molecule has 0 spiro atoms. The Bertz CT molecular complexity index is 305. The summed E-state index contributed by atoms with van der Waals surface area (Å²) in [6, 6.07) is 4.94. The summed E-state index contributed by atoms with van der Waals surface area (Å²) in [5.74, 6) is 0.0130. The highest BCUT2D eigenvalue weighted by molar-refractivity contribution is 5.39. The maximum atomic E-state index is 9.66. The van der Waals surface area contributed by atoms with Gasteiger partial charge in [0.1, 0.15) is 11.4 Å². The van der Waals surface area contributed by atoms with Gasteiger partial charge in [0.15, 0.2) is 0 Å². The maximum absolute atomic E-state index is 9.66. The van der Waals surface area contributed by atoms with Crippen molar-refractivity contribution in [1.29, 1.82) is 0 Å². The largest absolute Gasteiger partial charge is 0.508 e. The molecule has 0 aliphatic rings. The van der Waals surface area contributed by atoms with Crippen LogP contribution in [0.4, 0.5) is 0 Å². The summed E-state index contributed by atoms with van der Waals surface area (Å²) >= 11 is 0. The second kappa shape index (κ2) is 3.36. The van der Waals surface area contributed by atoms with Crippen LogP contribution in [-0.2, 0) is 5.60 Å². The molecule has 0 radical (unpaired) electrons. The Hall–Kier alpha value is -1.06. The Balaban J connectivity index is 3.16. The Morgan fingerprint density at radius 3 is 2.46 bits per heavy atom. The predicted molar refractivity (Wildman–Crippen MR) is 49.5 cm³/mol. The summed E-state index contributed by atoms with van der Waals surface area (Å²) in [5.41, 5.74) is -0.117. The fourth-order valence-electron chi connectivity index (χ4n) is 1.18. The van der Waals surface area contributed by atoms with Crippen molar-refractivity contribution in [3.63, 3.8) is 0 Å². The highest BCUT2D eigenvalue weighted by Crippen LogP contribution is 2.29. The van der Waals surface area contributed by atoms with E-state index in [1.165, 1.54) is 6.92 Å². The number of benzene rings is 1. The van der Waals surface area contributed by atoms with E-state index in [1.54, 1.807) is 18.2 Å². The minimum absolute atomic E-state index is 0.0130. The normalized spacial score (nSPS) is 15.4. The van der Waals surface area contributed by atoms with Crippen LogP contribution in [0.25, 0.3) is 0 Å². The first-order valence-electron chi connectivity index (χ1n) is 4.11. The van der Waals surface area contributed by atoms with Gasteiger partial charge in [-0.25, -0.2) is 0 Å². The second-order valence-corrected chi connectivity index (χ2v) is 3.45. The van der Waals surface area contributed by atoms with E-state index >= 15 is 0 Å². The number of hydrogen-bond acceptors (Lipinski definition) is 3. The molecular formula is C10H14O3. The van der Waals surface area contributed by atoms with Gasteiger partial charge in [-0.2, -0.15) is 0 Å². The van der Waals surface area contributed by atoms with Crippen molar-refractivity contribution in [2.45, 2.75) is 19.4 Å². The summed E-state index contributed by atoms with van der Waals surface area (Å²) in [5, 5.41) is 28.0. The van der Waals surface area contributed by atoms with Crippen LogP contribution in [0.2, 0.25) is 0 Å². The molecule has 0 saturated carbocycles. The molecule has 0 fully saturated rings. The molecule has 3 heteroatoms. The molecule has 0 bridgehead atoms. The molecule has 3 N–H and O–H groups in total. The van der Waals surface area contributed by atoms with E-state index in [1.807, 2.05) is 6.92 Å². The summed E-state index contributed by atoms with van der Waals surface area (Å²) in [6.07, 6.45) is 0. The van der Waals surface area contributed by atoms with Crippen LogP contribution >= 0.6 is 0 Å². The predicted octanol–water partition coefficient (Wildman–Crippen LogP) is 0.900. The van der Waals surface area contributed by atoms with E-state index in [-0.39, 0.29) is 5.75 Å². The molecular weight excluding hydrogens is 168 g/mol. The zero-order valence-corrected chi connectivity index (χ0v) is 7.78. The first kappa shape index (κ1) is 10.0. The molecule has 72 valence electrons. The topological polar surface area (TPSA) is 60.7 Å². The molecule has 1 aromatic rings. The lowest BCUT2D eigenvalue weighted by atomic mass is 9.95. The van der Waals surface area contributed by atoms with Gasteiger partial charge in [-0.05, 0) is 25.5 Å². The zero-order chi connectivity index (χ0) is 10.1. The molecule has 0 aromatic heterocycles. The molecule has 0 saturated heterocycles. The van der Waals surface area contributed by atoms with Crippen LogP contribution < -0.4 is 0 Å². The lowest BCUT2D eigenvalue weighted by Crippen LogP contribution is -2.25. The van der Waals surface area contributed by atoms with Crippen molar-refractivity contribution >= 4 is 0 Å². The van der Waals surface area contributed by atoms with Gasteiger partial charge in [-0.1, -0.05) is 12.1 Å². The molecule has 13 heavy (non-hydrogen) atoms. The average Bonchev–Trinajstić information content (AvgIpc) is 2.03. The number of aromatic hydroxyl groups is 1. The first-order valence-corrected chi connectivity index (χ1v) is 4.11. The van der Waals surface area contributed by atoms with Gasteiger partial charge >= 0.3 is 0 Å². The van der Waals surface area contributed by atoms with E-state index in [9.17, 15) is 10.2 Å². The number of rotatable bonds is 2. The number of phenols is 1. The Morgan fingerprint density at radius 1 is 1.38 bits per heavy atom. The smallest absolute Gasteiger partial charge is 0.122 e. The summed E-state index contributed by atoms with van der Waals surface area (Å²) in [6.45, 7) is 2.89.